The van der Waals surface area contributed by atoms with Crippen molar-refractivity contribution < 1.29 is 31.1 Å². The number of nitrogens with zero attached hydrogens (tertiary/aromatic N) is 5. The van der Waals surface area contributed by atoms with E-state index in [2.05, 4.69) is 31.2 Å². The van der Waals surface area contributed by atoms with E-state index in [9.17, 15) is 21.6 Å². The van der Waals surface area contributed by atoms with Gasteiger partial charge in [0, 0.05) is 57.9 Å². The molecule has 2 aromatic heterocycles. The van der Waals surface area contributed by atoms with Crippen molar-refractivity contribution in [2.75, 3.05) is 76.1 Å². The minimum Gasteiger partial charge on any atom is -0.383 e. The maximum Gasteiger partial charge on any atom is 0.420 e. The van der Waals surface area contributed by atoms with Gasteiger partial charge in [-0.05, 0) is 36.2 Å². The summed E-state index contributed by atoms with van der Waals surface area (Å²) >= 11 is 6.37. The van der Waals surface area contributed by atoms with Crippen LogP contribution in [0.2, 0.25) is 0 Å². The Morgan fingerprint density at radius 1 is 1.17 bits per heavy atom. The first-order valence-electron chi connectivity index (χ1n) is 14.9. The molecule has 0 unspecified atom stereocenters. The molecule has 46 heavy (non-hydrogen) atoms. The number of piperazine rings is 1. The predicted molar refractivity (Wildman–Crippen MR) is 175 cm³/mol. The van der Waals surface area contributed by atoms with Gasteiger partial charge in [0.2, 0.25) is 5.95 Å². The Morgan fingerprint density at radius 2 is 1.96 bits per heavy atom. The number of halogens is 3. The molecule has 0 bridgehead atoms. The second-order valence-electron chi connectivity index (χ2n) is 11.5. The second kappa shape index (κ2) is 13.0. The number of fused-ring (bicyclic) bond motifs is 2. The fraction of sp³-hybridized carbons (Fsp3) is 0.500. The molecule has 3 aromatic rings. The molecule has 10 nitrogen and oxygen atoms in total. The largest absolute Gasteiger partial charge is 0.420 e. The fourth-order valence-corrected chi connectivity index (χ4v) is 9.63. The number of alkyl halides is 3. The number of thiophene rings is 1. The van der Waals surface area contributed by atoms with Gasteiger partial charge in [0.25, 0.3) is 0 Å². The highest BCUT2D eigenvalue weighted by Crippen LogP contribution is 2.42. The van der Waals surface area contributed by atoms with E-state index >= 15 is 0 Å². The molecule has 5 heterocycles. The van der Waals surface area contributed by atoms with Gasteiger partial charge < -0.3 is 24.6 Å². The van der Waals surface area contributed by atoms with E-state index < -0.39 is 27.3 Å². The molecule has 0 radical (unpaired) electrons. The summed E-state index contributed by atoms with van der Waals surface area (Å²) in [4.78, 5) is 15.2. The van der Waals surface area contributed by atoms with Crippen molar-refractivity contribution in [3.05, 3.63) is 46.5 Å². The van der Waals surface area contributed by atoms with Crippen LogP contribution in [-0.4, -0.2) is 111 Å². The molecule has 0 spiro atoms. The summed E-state index contributed by atoms with van der Waals surface area (Å²) in [5.74, 6) is -0.226. The minimum absolute atomic E-state index is 0.0346. The molecule has 1 N–H and O–H groups in total. The normalized spacial score (nSPS) is 21.7. The molecule has 16 heteroatoms. The third kappa shape index (κ3) is 6.34. The van der Waals surface area contributed by atoms with Crippen molar-refractivity contribution in [2.45, 2.75) is 36.5 Å². The zero-order valence-corrected chi connectivity index (χ0v) is 28.1. The van der Waals surface area contributed by atoms with Crippen molar-refractivity contribution in [1.29, 1.82) is 0 Å². The summed E-state index contributed by atoms with van der Waals surface area (Å²) < 4.78 is 79.7. The lowest BCUT2D eigenvalue weighted by Crippen LogP contribution is -2.59. The molecule has 2 atom stereocenters. The molecule has 248 valence electrons. The van der Waals surface area contributed by atoms with Crippen molar-refractivity contribution in [3.8, 4) is 10.6 Å². The summed E-state index contributed by atoms with van der Waals surface area (Å²) in [6, 6.07) is 7.70. The van der Waals surface area contributed by atoms with Gasteiger partial charge in [-0.1, -0.05) is 19.1 Å². The summed E-state index contributed by atoms with van der Waals surface area (Å²) in [6.07, 6.45) is -3.38. The number of benzene rings is 1. The first-order valence-corrected chi connectivity index (χ1v) is 17.8. The molecule has 3 aliphatic heterocycles. The maximum atomic E-state index is 14.2. The van der Waals surface area contributed by atoms with Crippen LogP contribution >= 0.6 is 23.6 Å². The number of methoxy groups -OCH3 is 1. The number of nitrogens with one attached hydrogen (secondary N) is 1. The van der Waals surface area contributed by atoms with Gasteiger partial charge in [0.05, 0.1) is 58.0 Å². The SMILES string of the molecule is CCc1cc(N2CCN(CCOC)[C@@H]3COC[C@@H]32)ccc1Nc1ncc(C(F)(F)F)c(-c2cc3c(s2)C(=S)N(C)CCS3(=O)=O)n1. The van der Waals surface area contributed by atoms with Crippen LogP contribution in [0.4, 0.5) is 30.5 Å². The van der Waals surface area contributed by atoms with Gasteiger partial charge in [-0.3, -0.25) is 4.90 Å². The molecule has 0 saturated carbocycles. The number of aromatic nitrogens is 2. The van der Waals surface area contributed by atoms with E-state index in [4.69, 9.17) is 21.7 Å². The number of sulfone groups is 1. The second-order valence-corrected chi connectivity index (χ2v) is 15.0. The monoisotopic (exact) mass is 696 g/mol. The average Bonchev–Trinajstić information content (AvgIpc) is 3.69. The van der Waals surface area contributed by atoms with Crippen molar-refractivity contribution in [1.82, 2.24) is 19.8 Å². The molecular formula is C30H35F3N6O4S3. The van der Waals surface area contributed by atoms with Crippen LogP contribution in [0.1, 0.15) is 22.9 Å². The lowest BCUT2D eigenvalue weighted by molar-refractivity contribution is -0.137. The lowest BCUT2D eigenvalue weighted by atomic mass is 10.0. The maximum absolute atomic E-state index is 14.2. The number of ether oxygens (including phenoxy) is 2. The standard InChI is InChI=1S/C30H35F3N6O4S3/c1-4-18-13-19(39-8-7-38(9-11-42-3)22-16-43-17-23(22)39)5-6-21(18)35-29-34-15-20(30(31,32)33)26(36-29)24-14-25-27(45-24)28(44)37(2)10-12-46(25,40)41/h5-6,13-15,22-23H,4,7-12,16-17H2,1-3H3,(H,34,35,36)/t22-,23+/m1/s1. The smallest absolute Gasteiger partial charge is 0.383 e. The number of aryl methyl sites for hydroxylation is 1. The highest BCUT2D eigenvalue weighted by atomic mass is 32.2. The van der Waals surface area contributed by atoms with Gasteiger partial charge in [-0.2, -0.15) is 13.2 Å². The average molecular weight is 697 g/mol. The number of rotatable bonds is 8. The van der Waals surface area contributed by atoms with Crippen LogP contribution in [0, 0.1) is 0 Å². The first-order chi connectivity index (χ1) is 21.9. The zero-order chi connectivity index (χ0) is 32.8. The quantitative estimate of drug-likeness (QED) is 0.338. The number of hydrogen-bond donors (Lipinski definition) is 1. The van der Waals surface area contributed by atoms with Gasteiger partial charge in [-0.15, -0.1) is 11.3 Å². The summed E-state index contributed by atoms with van der Waals surface area (Å²) in [6.45, 7) is 6.72. The zero-order valence-electron chi connectivity index (χ0n) is 25.6. The number of thiocarbonyl (C=S) groups is 1. The van der Waals surface area contributed by atoms with Crippen LogP contribution in [0.15, 0.2) is 35.4 Å². The number of hydrogen-bond acceptors (Lipinski definition) is 11. The predicted octanol–water partition coefficient (Wildman–Crippen LogP) is 4.46. The third-order valence-electron chi connectivity index (χ3n) is 8.75. The van der Waals surface area contributed by atoms with Crippen LogP contribution < -0.4 is 10.2 Å². The molecule has 1 aromatic carbocycles. The number of anilines is 3. The summed E-state index contributed by atoms with van der Waals surface area (Å²) in [7, 11) is -0.384. The molecule has 2 fully saturated rings. The molecule has 3 aliphatic rings. The highest BCUT2D eigenvalue weighted by Gasteiger charge is 2.41. The highest BCUT2D eigenvalue weighted by molar-refractivity contribution is 7.92. The van der Waals surface area contributed by atoms with E-state index in [1.807, 2.05) is 19.1 Å². The molecule has 0 aliphatic carbocycles. The summed E-state index contributed by atoms with van der Waals surface area (Å²) in [5, 5.41) is 3.12. The Bertz CT molecular complexity index is 1730. The van der Waals surface area contributed by atoms with Gasteiger partial charge in [0.1, 0.15) is 10.6 Å². The van der Waals surface area contributed by atoms with E-state index in [1.165, 1.54) is 6.07 Å². The lowest BCUT2D eigenvalue weighted by Gasteiger charge is -2.44. The van der Waals surface area contributed by atoms with Crippen LogP contribution in [0.3, 0.4) is 0 Å². The topological polar surface area (TPSA) is 100 Å². The van der Waals surface area contributed by atoms with E-state index in [0.29, 0.717) is 31.9 Å². The molecule has 6 rings (SSSR count). The van der Waals surface area contributed by atoms with Crippen molar-refractivity contribution in [2.24, 2.45) is 0 Å². The van der Waals surface area contributed by atoms with Crippen LogP contribution in [0.5, 0.6) is 0 Å². The van der Waals surface area contributed by atoms with Gasteiger partial charge in [0.15, 0.2) is 9.84 Å². The Morgan fingerprint density at radius 3 is 2.70 bits per heavy atom. The molecular weight excluding hydrogens is 662 g/mol. The van der Waals surface area contributed by atoms with Gasteiger partial charge in [-0.25, -0.2) is 18.4 Å². The van der Waals surface area contributed by atoms with Gasteiger partial charge >= 0.3 is 6.18 Å². The molecule has 2 saturated heterocycles. The van der Waals surface area contributed by atoms with Crippen molar-refractivity contribution in [3.63, 3.8) is 0 Å². The Labute approximate surface area is 275 Å². The molecule has 0 amide bonds. The Balaban J connectivity index is 1.31. The fourth-order valence-electron chi connectivity index (χ4n) is 6.20. The minimum atomic E-state index is -4.77. The summed E-state index contributed by atoms with van der Waals surface area (Å²) in [5.41, 5.74) is 1.20. The van der Waals surface area contributed by atoms with E-state index in [1.54, 1.807) is 19.1 Å². The van der Waals surface area contributed by atoms with E-state index in [-0.39, 0.29) is 50.0 Å². The van der Waals surface area contributed by atoms with Crippen molar-refractivity contribution >= 4 is 55.7 Å². The Hall–Kier alpha value is -2.89. The Kier molecular flexibility index (Phi) is 9.30. The van der Waals surface area contributed by atoms with Crippen LogP contribution in [-0.2, 0) is 31.9 Å². The van der Waals surface area contributed by atoms with E-state index in [0.717, 1.165) is 48.4 Å². The van der Waals surface area contributed by atoms with Crippen LogP contribution in [0.25, 0.3) is 10.6 Å². The first kappa shape index (κ1) is 33.0. The third-order valence-corrected chi connectivity index (χ3v) is 12.4.